The van der Waals surface area contributed by atoms with Crippen LogP contribution >= 0.6 is 0 Å². The van der Waals surface area contributed by atoms with Crippen LogP contribution in [0.25, 0.3) is 0 Å². The maximum Gasteiger partial charge on any atom is 0.321 e. The molecule has 1 N–H and O–H groups in total. The normalized spacial score (nSPS) is 17.8. The standard InChI is InChI=1S/C14H25NO4/c1-3-18-14(17)10-9-13(15-19-11(2)16)12-7-5-4-6-8-12/h12-13,15H,3-10H2,1-2H3/t13-/m0/s1. The van der Waals surface area contributed by atoms with Crippen LogP contribution in [0.1, 0.15) is 58.8 Å². The largest absolute Gasteiger partial charge is 0.466 e. The van der Waals surface area contributed by atoms with E-state index < -0.39 is 0 Å². The molecule has 0 aromatic carbocycles. The molecular weight excluding hydrogens is 246 g/mol. The van der Waals surface area contributed by atoms with E-state index in [1.54, 1.807) is 6.92 Å². The lowest BCUT2D eigenvalue weighted by atomic mass is 9.82. The van der Waals surface area contributed by atoms with E-state index in [9.17, 15) is 9.59 Å². The number of ether oxygens (including phenoxy) is 1. The van der Waals surface area contributed by atoms with Gasteiger partial charge >= 0.3 is 11.9 Å². The first-order chi connectivity index (χ1) is 9.13. The summed E-state index contributed by atoms with van der Waals surface area (Å²) in [5.41, 5.74) is 2.83. The molecule has 1 atom stereocenters. The van der Waals surface area contributed by atoms with Crippen molar-refractivity contribution in [1.82, 2.24) is 5.48 Å². The third kappa shape index (κ3) is 6.57. The average Bonchev–Trinajstić information content (AvgIpc) is 2.40. The van der Waals surface area contributed by atoms with Gasteiger partial charge in [-0.2, -0.15) is 0 Å². The van der Waals surface area contributed by atoms with Crippen LogP contribution in [-0.2, 0) is 19.2 Å². The minimum absolute atomic E-state index is 0.0496. The third-order valence-corrected chi connectivity index (χ3v) is 3.54. The van der Waals surface area contributed by atoms with Crippen LogP contribution in [0.15, 0.2) is 0 Å². The Labute approximate surface area is 115 Å². The smallest absolute Gasteiger partial charge is 0.321 e. The topological polar surface area (TPSA) is 64.6 Å². The first kappa shape index (κ1) is 16.0. The first-order valence-electron chi connectivity index (χ1n) is 7.22. The zero-order chi connectivity index (χ0) is 14.1. The van der Waals surface area contributed by atoms with E-state index in [2.05, 4.69) is 5.48 Å². The molecule has 0 radical (unpaired) electrons. The number of hydrogen-bond donors (Lipinski definition) is 1. The van der Waals surface area contributed by atoms with Gasteiger partial charge in [0.05, 0.1) is 6.61 Å². The maximum absolute atomic E-state index is 11.4. The SMILES string of the molecule is CCOC(=O)CC[C@H](NOC(C)=O)C1CCCCC1. The van der Waals surface area contributed by atoms with Crippen molar-refractivity contribution in [3.05, 3.63) is 0 Å². The molecule has 5 nitrogen and oxygen atoms in total. The van der Waals surface area contributed by atoms with Gasteiger partial charge in [-0.05, 0) is 32.1 Å². The van der Waals surface area contributed by atoms with Gasteiger partial charge in [0.25, 0.3) is 0 Å². The second-order valence-electron chi connectivity index (χ2n) is 5.06. The first-order valence-corrected chi connectivity index (χ1v) is 7.22. The summed E-state index contributed by atoms with van der Waals surface area (Å²) in [4.78, 5) is 27.2. The fourth-order valence-electron chi connectivity index (χ4n) is 2.59. The molecule has 0 saturated heterocycles. The molecule has 0 aromatic heterocycles. The Morgan fingerprint density at radius 2 is 1.95 bits per heavy atom. The lowest BCUT2D eigenvalue weighted by Crippen LogP contribution is -2.38. The Balaban J connectivity index is 2.42. The zero-order valence-electron chi connectivity index (χ0n) is 11.9. The van der Waals surface area contributed by atoms with Gasteiger partial charge < -0.3 is 9.57 Å². The number of hydroxylamine groups is 1. The van der Waals surface area contributed by atoms with E-state index in [1.165, 1.54) is 26.2 Å². The van der Waals surface area contributed by atoms with Gasteiger partial charge in [0, 0.05) is 19.4 Å². The van der Waals surface area contributed by atoms with Gasteiger partial charge in [-0.25, -0.2) is 0 Å². The Hall–Kier alpha value is -1.10. The van der Waals surface area contributed by atoms with Gasteiger partial charge in [0.15, 0.2) is 0 Å². The minimum atomic E-state index is -0.350. The molecule has 1 aliphatic carbocycles. The number of nitrogens with one attached hydrogen (secondary N) is 1. The van der Waals surface area contributed by atoms with Crippen molar-refractivity contribution in [3.63, 3.8) is 0 Å². The quantitative estimate of drug-likeness (QED) is 0.569. The Kier molecular flexibility index (Phi) is 7.48. The van der Waals surface area contributed by atoms with Gasteiger partial charge in [-0.3, -0.25) is 9.59 Å². The summed E-state index contributed by atoms with van der Waals surface area (Å²) in [6.45, 7) is 3.58. The summed E-state index contributed by atoms with van der Waals surface area (Å²) in [7, 11) is 0. The summed E-state index contributed by atoms with van der Waals surface area (Å²) in [6.07, 6.45) is 6.96. The van der Waals surface area contributed by atoms with Crippen LogP contribution < -0.4 is 5.48 Å². The predicted octanol–water partition coefficient (Wildman–Crippen LogP) is 2.35. The second-order valence-corrected chi connectivity index (χ2v) is 5.06. The van der Waals surface area contributed by atoms with Crippen LogP contribution in [0.5, 0.6) is 0 Å². The highest BCUT2D eigenvalue weighted by Crippen LogP contribution is 2.28. The van der Waals surface area contributed by atoms with Gasteiger partial charge in [0.1, 0.15) is 0 Å². The number of carbonyl (C=O) groups is 2. The zero-order valence-corrected chi connectivity index (χ0v) is 11.9. The molecule has 0 aliphatic heterocycles. The van der Waals surface area contributed by atoms with E-state index in [1.807, 2.05) is 0 Å². The molecule has 5 heteroatoms. The van der Waals surface area contributed by atoms with E-state index in [0.29, 0.717) is 25.4 Å². The molecule has 1 aliphatic rings. The molecule has 1 saturated carbocycles. The third-order valence-electron chi connectivity index (χ3n) is 3.54. The summed E-state index contributed by atoms with van der Waals surface area (Å²) in [5, 5.41) is 0. The van der Waals surface area contributed by atoms with Crippen molar-refractivity contribution in [2.24, 2.45) is 5.92 Å². The minimum Gasteiger partial charge on any atom is -0.466 e. The van der Waals surface area contributed by atoms with E-state index in [4.69, 9.17) is 9.57 Å². The molecule has 19 heavy (non-hydrogen) atoms. The number of carbonyl (C=O) groups excluding carboxylic acids is 2. The Morgan fingerprint density at radius 3 is 2.53 bits per heavy atom. The molecule has 0 bridgehead atoms. The van der Waals surface area contributed by atoms with Crippen molar-refractivity contribution in [2.45, 2.75) is 64.8 Å². The maximum atomic E-state index is 11.4. The van der Waals surface area contributed by atoms with Crippen molar-refractivity contribution in [3.8, 4) is 0 Å². The van der Waals surface area contributed by atoms with E-state index in [0.717, 1.165) is 12.8 Å². The summed E-state index contributed by atoms with van der Waals surface area (Å²) in [5.74, 6) is -0.0626. The molecule has 1 rings (SSSR count). The van der Waals surface area contributed by atoms with Crippen LogP contribution in [0.3, 0.4) is 0 Å². The Morgan fingerprint density at radius 1 is 1.26 bits per heavy atom. The predicted molar refractivity (Wildman–Crippen MR) is 71.1 cm³/mol. The summed E-state index contributed by atoms with van der Waals surface area (Å²) < 4.78 is 4.93. The summed E-state index contributed by atoms with van der Waals surface area (Å²) in [6, 6.07) is 0.0496. The number of rotatable bonds is 7. The van der Waals surface area contributed by atoms with Crippen LogP contribution in [0, 0.1) is 5.92 Å². The van der Waals surface area contributed by atoms with E-state index >= 15 is 0 Å². The highest BCUT2D eigenvalue weighted by atomic mass is 16.7. The van der Waals surface area contributed by atoms with Gasteiger partial charge in [-0.15, -0.1) is 5.48 Å². The molecule has 0 amide bonds. The molecule has 110 valence electrons. The lowest BCUT2D eigenvalue weighted by molar-refractivity contribution is -0.151. The average molecular weight is 271 g/mol. The number of hydrogen-bond acceptors (Lipinski definition) is 5. The summed E-state index contributed by atoms with van der Waals surface area (Å²) >= 11 is 0. The molecule has 1 fully saturated rings. The molecule has 0 unspecified atom stereocenters. The fraction of sp³-hybridized carbons (Fsp3) is 0.857. The van der Waals surface area contributed by atoms with Gasteiger partial charge in [-0.1, -0.05) is 19.3 Å². The highest BCUT2D eigenvalue weighted by molar-refractivity contribution is 5.69. The fourth-order valence-corrected chi connectivity index (χ4v) is 2.59. The second kappa shape index (κ2) is 8.91. The van der Waals surface area contributed by atoms with Crippen molar-refractivity contribution in [2.75, 3.05) is 6.61 Å². The molecule has 0 heterocycles. The monoisotopic (exact) mass is 271 g/mol. The lowest BCUT2D eigenvalue weighted by Gasteiger charge is -2.30. The highest BCUT2D eigenvalue weighted by Gasteiger charge is 2.25. The molecule has 0 spiro atoms. The van der Waals surface area contributed by atoms with Crippen molar-refractivity contribution in [1.29, 1.82) is 0 Å². The number of esters is 1. The van der Waals surface area contributed by atoms with Crippen LogP contribution in [0.2, 0.25) is 0 Å². The van der Waals surface area contributed by atoms with E-state index in [-0.39, 0.29) is 18.0 Å². The van der Waals surface area contributed by atoms with Crippen molar-refractivity contribution >= 4 is 11.9 Å². The van der Waals surface area contributed by atoms with Gasteiger partial charge in [0.2, 0.25) is 0 Å². The molecular formula is C14H25NO4. The van der Waals surface area contributed by atoms with Crippen LogP contribution in [-0.4, -0.2) is 24.6 Å². The molecule has 0 aromatic rings. The van der Waals surface area contributed by atoms with Crippen molar-refractivity contribution < 1.29 is 19.2 Å². The van der Waals surface area contributed by atoms with Crippen LogP contribution in [0.4, 0.5) is 0 Å². The Bertz CT molecular complexity index is 287.